The van der Waals surface area contributed by atoms with Gasteiger partial charge in [0.25, 0.3) is 11.8 Å². The fourth-order valence-corrected chi connectivity index (χ4v) is 3.85. The number of nitrogens with zero attached hydrogens (tertiary/aromatic N) is 4. The predicted molar refractivity (Wildman–Crippen MR) is 156 cm³/mol. The van der Waals surface area contributed by atoms with Crippen LogP contribution >= 0.6 is 0 Å². The summed E-state index contributed by atoms with van der Waals surface area (Å²) in [7, 11) is 0. The maximum absolute atomic E-state index is 12.4. The van der Waals surface area contributed by atoms with Gasteiger partial charge in [-0.1, -0.05) is 54.6 Å². The van der Waals surface area contributed by atoms with Crippen LogP contribution in [0.4, 0.5) is 0 Å². The van der Waals surface area contributed by atoms with E-state index in [4.69, 9.17) is 0 Å². The molecule has 0 fully saturated rings. The first-order valence-corrected chi connectivity index (χ1v) is 12.5. The lowest BCUT2D eigenvalue weighted by Gasteiger charge is -2.08. The zero-order chi connectivity index (χ0) is 27.6. The maximum Gasteiger partial charge on any atom is 0.271 e. The summed E-state index contributed by atoms with van der Waals surface area (Å²) >= 11 is 0. The molecule has 2 aromatic heterocycles. The fourth-order valence-electron chi connectivity index (χ4n) is 3.85. The summed E-state index contributed by atoms with van der Waals surface area (Å²) in [6, 6.07) is 33.6. The van der Waals surface area contributed by atoms with Gasteiger partial charge in [-0.15, -0.1) is 0 Å². The van der Waals surface area contributed by atoms with Crippen LogP contribution in [0.15, 0.2) is 132 Å². The molecule has 0 spiro atoms. The Morgan fingerprint density at radius 2 is 0.975 bits per heavy atom. The van der Waals surface area contributed by atoms with Crippen molar-refractivity contribution >= 4 is 24.2 Å². The first-order chi connectivity index (χ1) is 19.7. The summed E-state index contributed by atoms with van der Waals surface area (Å²) in [4.78, 5) is 33.1. The average Bonchev–Trinajstić information content (AvgIpc) is 3.02. The van der Waals surface area contributed by atoms with E-state index in [0.29, 0.717) is 22.5 Å². The Labute approximate surface area is 231 Å². The number of amides is 2. The van der Waals surface area contributed by atoms with E-state index in [0.717, 1.165) is 22.3 Å². The summed E-state index contributed by atoms with van der Waals surface area (Å²) in [5, 5.41) is 7.93. The Morgan fingerprint density at radius 3 is 1.38 bits per heavy atom. The highest BCUT2D eigenvalue weighted by Gasteiger charge is 2.08. The average molecular weight is 525 g/mol. The molecule has 40 heavy (non-hydrogen) atoms. The third-order valence-electron chi connectivity index (χ3n) is 5.92. The van der Waals surface area contributed by atoms with Gasteiger partial charge in [-0.05, 0) is 76.9 Å². The summed E-state index contributed by atoms with van der Waals surface area (Å²) < 4.78 is 0. The van der Waals surface area contributed by atoms with Crippen molar-refractivity contribution in [2.24, 2.45) is 10.2 Å². The lowest BCUT2D eigenvalue weighted by Crippen LogP contribution is -2.17. The van der Waals surface area contributed by atoms with E-state index in [2.05, 4.69) is 37.1 Å². The van der Waals surface area contributed by atoms with Crippen LogP contribution in [0, 0.1) is 0 Å². The first-order valence-electron chi connectivity index (χ1n) is 12.5. The second-order valence-corrected chi connectivity index (χ2v) is 8.64. The summed E-state index contributed by atoms with van der Waals surface area (Å²) in [6.07, 6.45) is 6.31. The smallest absolute Gasteiger partial charge is 0.267 e. The van der Waals surface area contributed by atoms with Crippen molar-refractivity contribution in [3.05, 3.63) is 144 Å². The molecular weight excluding hydrogens is 500 g/mol. The van der Waals surface area contributed by atoms with Crippen LogP contribution < -0.4 is 10.9 Å². The van der Waals surface area contributed by atoms with Crippen LogP contribution in [0.25, 0.3) is 22.3 Å². The second kappa shape index (κ2) is 12.7. The quantitative estimate of drug-likeness (QED) is 0.211. The van der Waals surface area contributed by atoms with Gasteiger partial charge in [-0.3, -0.25) is 19.6 Å². The van der Waals surface area contributed by atoms with E-state index in [9.17, 15) is 9.59 Å². The number of nitrogens with one attached hydrogen (secondary N) is 2. The summed E-state index contributed by atoms with van der Waals surface area (Å²) in [6.45, 7) is 0. The number of hydrogen-bond acceptors (Lipinski definition) is 6. The zero-order valence-corrected chi connectivity index (χ0v) is 21.3. The van der Waals surface area contributed by atoms with Crippen LogP contribution in [0.3, 0.4) is 0 Å². The molecule has 5 aromatic rings. The lowest BCUT2D eigenvalue weighted by molar-refractivity contribution is 0.0947. The van der Waals surface area contributed by atoms with Crippen LogP contribution in [-0.4, -0.2) is 34.2 Å². The van der Waals surface area contributed by atoms with Gasteiger partial charge in [0.2, 0.25) is 0 Å². The Bertz CT molecular complexity index is 1530. The normalized spacial score (nSPS) is 11.0. The molecule has 2 N–H and O–H groups in total. The molecule has 3 aromatic carbocycles. The Morgan fingerprint density at radius 1 is 0.525 bits per heavy atom. The molecule has 0 aliphatic heterocycles. The number of carbonyl (C=O) groups is 2. The molecule has 194 valence electrons. The number of carbonyl (C=O) groups excluding carboxylic acids is 2. The number of hydrazone groups is 2. The standard InChI is InChI=1S/C32H24N6O2/c39-31(37-35-21-29-8-1-3-18-33-29)25-14-10-23(11-15-25)27-6-5-7-28(20-27)24-12-16-26(17-13-24)32(40)38-36-22-30-9-2-4-19-34-30/h1-22H,(H,37,39)(H,38,40)/b35-21+,36-22+. The van der Waals surface area contributed by atoms with Crippen LogP contribution in [0.5, 0.6) is 0 Å². The minimum Gasteiger partial charge on any atom is -0.267 e. The molecule has 0 aliphatic rings. The highest BCUT2D eigenvalue weighted by Crippen LogP contribution is 2.27. The molecule has 5 rings (SSSR count). The molecule has 2 amide bonds. The van der Waals surface area contributed by atoms with Gasteiger partial charge in [0.15, 0.2) is 0 Å². The predicted octanol–water partition coefficient (Wildman–Crippen LogP) is 5.34. The number of hydrogen-bond donors (Lipinski definition) is 2. The molecule has 0 bridgehead atoms. The fraction of sp³-hybridized carbons (Fsp3) is 0. The number of benzene rings is 3. The molecule has 0 atom stereocenters. The van der Waals surface area contributed by atoms with Gasteiger partial charge >= 0.3 is 0 Å². The largest absolute Gasteiger partial charge is 0.271 e. The van der Waals surface area contributed by atoms with E-state index in [1.807, 2.05) is 66.7 Å². The summed E-state index contributed by atoms with van der Waals surface area (Å²) in [5.74, 6) is -0.613. The molecule has 0 unspecified atom stereocenters. The number of aromatic nitrogens is 2. The van der Waals surface area contributed by atoms with Gasteiger partial charge in [-0.25, -0.2) is 10.9 Å². The van der Waals surface area contributed by atoms with Crippen LogP contribution in [0.1, 0.15) is 32.1 Å². The third kappa shape index (κ3) is 6.76. The highest BCUT2D eigenvalue weighted by molar-refractivity contribution is 5.96. The van der Waals surface area contributed by atoms with Crippen LogP contribution in [-0.2, 0) is 0 Å². The molecule has 0 radical (unpaired) electrons. The second-order valence-electron chi connectivity index (χ2n) is 8.64. The topological polar surface area (TPSA) is 109 Å². The van der Waals surface area contributed by atoms with Crippen molar-refractivity contribution in [1.29, 1.82) is 0 Å². The van der Waals surface area contributed by atoms with Crippen molar-refractivity contribution in [1.82, 2.24) is 20.8 Å². The van der Waals surface area contributed by atoms with E-state index in [1.165, 1.54) is 12.4 Å². The maximum atomic E-state index is 12.4. The SMILES string of the molecule is O=C(N/N=C/c1ccccn1)c1ccc(-c2cccc(-c3ccc(C(=O)N/N=C/c4ccccn4)cc3)c2)cc1. The molecule has 0 aliphatic carbocycles. The monoisotopic (exact) mass is 524 g/mol. The first kappa shape index (κ1) is 25.9. The molecule has 8 nitrogen and oxygen atoms in total. The van der Waals surface area contributed by atoms with Crippen molar-refractivity contribution < 1.29 is 9.59 Å². The molecule has 0 saturated heterocycles. The van der Waals surface area contributed by atoms with Crippen molar-refractivity contribution in [2.75, 3.05) is 0 Å². The van der Waals surface area contributed by atoms with E-state index < -0.39 is 0 Å². The van der Waals surface area contributed by atoms with Crippen molar-refractivity contribution in [3.8, 4) is 22.3 Å². The van der Waals surface area contributed by atoms with Crippen molar-refractivity contribution in [3.63, 3.8) is 0 Å². The lowest BCUT2D eigenvalue weighted by atomic mass is 9.98. The van der Waals surface area contributed by atoms with Crippen molar-refractivity contribution in [2.45, 2.75) is 0 Å². The summed E-state index contributed by atoms with van der Waals surface area (Å²) in [5.41, 5.74) is 11.3. The van der Waals surface area contributed by atoms with Gasteiger partial charge in [0.1, 0.15) is 0 Å². The molecular formula is C32H24N6O2. The number of pyridine rings is 2. The van der Waals surface area contributed by atoms with E-state index in [-0.39, 0.29) is 11.8 Å². The highest BCUT2D eigenvalue weighted by atomic mass is 16.2. The van der Waals surface area contributed by atoms with Gasteiger partial charge in [0, 0.05) is 23.5 Å². The molecule has 8 heteroatoms. The van der Waals surface area contributed by atoms with Gasteiger partial charge < -0.3 is 0 Å². The van der Waals surface area contributed by atoms with E-state index in [1.54, 1.807) is 48.8 Å². The Kier molecular flexibility index (Phi) is 8.19. The van der Waals surface area contributed by atoms with E-state index >= 15 is 0 Å². The molecule has 2 heterocycles. The van der Waals surface area contributed by atoms with Gasteiger partial charge in [-0.2, -0.15) is 10.2 Å². The number of rotatable bonds is 8. The van der Waals surface area contributed by atoms with Crippen LogP contribution in [0.2, 0.25) is 0 Å². The minimum absolute atomic E-state index is 0.306. The zero-order valence-electron chi connectivity index (χ0n) is 21.3. The third-order valence-corrected chi connectivity index (χ3v) is 5.92. The minimum atomic E-state index is -0.306. The van der Waals surface area contributed by atoms with Gasteiger partial charge in [0.05, 0.1) is 23.8 Å². The Balaban J connectivity index is 1.21. The molecule has 0 saturated carbocycles. The Hall–Kier alpha value is -5.76.